The highest BCUT2D eigenvalue weighted by molar-refractivity contribution is 5.82. The third-order valence-electron chi connectivity index (χ3n) is 3.77. The highest BCUT2D eigenvalue weighted by Crippen LogP contribution is 2.11. The Labute approximate surface area is 120 Å². The van der Waals surface area contributed by atoms with Gasteiger partial charge in [-0.15, -0.1) is 0 Å². The van der Waals surface area contributed by atoms with Gasteiger partial charge in [-0.05, 0) is 32.2 Å². The van der Waals surface area contributed by atoms with Crippen molar-refractivity contribution in [2.24, 2.45) is 5.73 Å². The highest BCUT2D eigenvalue weighted by Gasteiger charge is 2.22. The van der Waals surface area contributed by atoms with E-state index in [0.717, 1.165) is 32.5 Å². The van der Waals surface area contributed by atoms with Gasteiger partial charge in [0.15, 0.2) is 0 Å². The zero-order chi connectivity index (χ0) is 15.0. The van der Waals surface area contributed by atoms with Gasteiger partial charge in [0.2, 0.25) is 5.91 Å². The number of aliphatic carboxylic acids is 1. The number of nitrogens with one attached hydrogen (secondary N) is 1. The predicted molar refractivity (Wildman–Crippen MR) is 77.4 cm³/mol. The molecule has 1 atom stereocenters. The molecule has 1 rings (SSSR count). The van der Waals surface area contributed by atoms with Gasteiger partial charge in [-0.1, -0.05) is 13.3 Å². The van der Waals surface area contributed by atoms with E-state index in [1.54, 1.807) is 0 Å². The van der Waals surface area contributed by atoms with Crippen molar-refractivity contribution < 1.29 is 14.7 Å². The molecule has 0 aromatic carbocycles. The third kappa shape index (κ3) is 6.34. The molecule has 4 N–H and O–H groups in total. The molecule has 6 heteroatoms. The second-order valence-corrected chi connectivity index (χ2v) is 5.52. The fourth-order valence-electron chi connectivity index (χ4n) is 2.40. The zero-order valence-electron chi connectivity index (χ0n) is 12.3. The summed E-state index contributed by atoms with van der Waals surface area (Å²) in [4.78, 5) is 24.7. The molecule has 20 heavy (non-hydrogen) atoms. The maximum absolute atomic E-state index is 11.8. The largest absolute Gasteiger partial charge is 0.481 e. The van der Waals surface area contributed by atoms with Gasteiger partial charge in [-0.3, -0.25) is 9.59 Å². The molecule has 0 spiro atoms. The van der Waals surface area contributed by atoms with Crippen LogP contribution in [0.3, 0.4) is 0 Å². The molecule has 0 aliphatic carbocycles. The molecule has 1 saturated heterocycles. The van der Waals surface area contributed by atoms with Crippen LogP contribution in [-0.4, -0.2) is 53.6 Å². The number of hydrogen-bond donors (Lipinski definition) is 3. The molecule has 0 aromatic rings. The first-order valence-corrected chi connectivity index (χ1v) is 7.53. The average molecular weight is 285 g/mol. The molecule has 0 radical (unpaired) electrons. The quantitative estimate of drug-likeness (QED) is 0.605. The molecule has 0 bridgehead atoms. The Morgan fingerprint density at radius 3 is 2.60 bits per heavy atom. The topological polar surface area (TPSA) is 95.7 Å². The highest BCUT2D eigenvalue weighted by atomic mass is 16.4. The van der Waals surface area contributed by atoms with Gasteiger partial charge in [0.05, 0.1) is 6.04 Å². The monoisotopic (exact) mass is 285 g/mol. The number of unbranched alkanes of at least 4 members (excludes halogenated alkanes) is 1. The Kier molecular flexibility index (Phi) is 7.54. The second kappa shape index (κ2) is 8.92. The van der Waals surface area contributed by atoms with E-state index in [1.807, 2.05) is 0 Å². The first-order valence-electron chi connectivity index (χ1n) is 7.53. The van der Waals surface area contributed by atoms with E-state index in [1.165, 1.54) is 12.8 Å². The van der Waals surface area contributed by atoms with Gasteiger partial charge in [-0.25, -0.2) is 0 Å². The number of carbonyl (C=O) groups is 2. The maximum atomic E-state index is 11.8. The number of amides is 1. The molecule has 1 aliphatic rings. The number of carboxylic acid groups (broad SMARTS) is 1. The molecule has 1 heterocycles. The smallest absolute Gasteiger partial charge is 0.303 e. The molecule has 1 aliphatic heterocycles. The Bertz CT molecular complexity index is 315. The van der Waals surface area contributed by atoms with Crippen LogP contribution >= 0.6 is 0 Å². The van der Waals surface area contributed by atoms with Gasteiger partial charge in [-0.2, -0.15) is 0 Å². The van der Waals surface area contributed by atoms with E-state index in [9.17, 15) is 9.59 Å². The number of piperidine rings is 1. The third-order valence-corrected chi connectivity index (χ3v) is 3.77. The maximum Gasteiger partial charge on any atom is 0.303 e. The number of nitrogens with zero attached hydrogens (tertiary/aromatic N) is 1. The Morgan fingerprint density at radius 1 is 1.40 bits per heavy atom. The van der Waals surface area contributed by atoms with Crippen molar-refractivity contribution in [3.63, 3.8) is 0 Å². The molecular weight excluding hydrogens is 258 g/mol. The summed E-state index contributed by atoms with van der Waals surface area (Å²) in [7, 11) is 0. The first-order chi connectivity index (χ1) is 9.52. The van der Waals surface area contributed by atoms with Crippen molar-refractivity contribution in [3.8, 4) is 0 Å². The summed E-state index contributed by atoms with van der Waals surface area (Å²) in [6.07, 6.45) is 4.44. The second-order valence-electron chi connectivity index (χ2n) is 5.52. The van der Waals surface area contributed by atoms with Gasteiger partial charge in [0, 0.05) is 25.6 Å². The summed E-state index contributed by atoms with van der Waals surface area (Å²) in [5.74, 6) is -1.14. The molecule has 1 fully saturated rings. The summed E-state index contributed by atoms with van der Waals surface area (Å²) in [5, 5.41) is 11.5. The van der Waals surface area contributed by atoms with E-state index in [0.29, 0.717) is 0 Å². The van der Waals surface area contributed by atoms with E-state index >= 15 is 0 Å². The number of carboxylic acids is 1. The van der Waals surface area contributed by atoms with Gasteiger partial charge in [0.1, 0.15) is 0 Å². The number of nitrogens with two attached hydrogens (primary N) is 1. The van der Waals surface area contributed by atoms with Crippen LogP contribution in [0.5, 0.6) is 0 Å². The van der Waals surface area contributed by atoms with Gasteiger partial charge >= 0.3 is 5.97 Å². The van der Waals surface area contributed by atoms with Gasteiger partial charge in [0.25, 0.3) is 0 Å². The number of hydrogen-bond acceptors (Lipinski definition) is 4. The van der Waals surface area contributed by atoms with Crippen LogP contribution in [0.1, 0.15) is 45.4 Å². The van der Waals surface area contributed by atoms with Crippen molar-refractivity contribution in [1.29, 1.82) is 0 Å². The number of likely N-dealkylation sites (tertiary alicyclic amines) is 1. The minimum Gasteiger partial charge on any atom is -0.481 e. The molecule has 1 amide bonds. The fraction of sp³-hybridized carbons (Fsp3) is 0.857. The summed E-state index contributed by atoms with van der Waals surface area (Å²) < 4.78 is 0. The lowest BCUT2D eigenvalue weighted by atomic mass is 10.0. The fourth-order valence-corrected chi connectivity index (χ4v) is 2.40. The lowest BCUT2D eigenvalue weighted by Crippen LogP contribution is -2.49. The van der Waals surface area contributed by atoms with Crippen LogP contribution < -0.4 is 11.1 Å². The Hall–Kier alpha value is -1.14. The SMILES string of the molecule is CCCCN1CCC(NC(=O)C(N)CCC(=O)O)CC1. The average Bonchev–Trinajstić information content (AvgIpc) is 2.43. The molecule has 6 nitrogen and oxygen atoms in total. The summed E-state index contributed by atoms with van der Waals surface area (Å²) >= 11 is 0. The molecule has 0 saturated carbocycles. The molecule has 1 unspecified atom stereocenters. The van der Waals surface area contributed by atoms with E-state index in [4.69, 9.17) is 10.8 Å². The van der Waals surface area contributed by atoms with Crippen molar-refractivity contribution in [1.82, 2.24) is 10.2 Å². The normalized spacial score (nSPS) is 18.7. The van der Waals surface area contributed by atoms with Crippen LogP contribution in [-0.2, 0) is 9.59 Å². The van der Waals surface area contributed by atoms with Crippen LogP contribution in [0, 0.1) is 0 Å². The van der Waals surface area contributed by atoms with Crippen molar-refractivity contribution in [2.45, 2.75) is 57.5 Å². The summed E-state index contributed by atoms with van der Waals surface area (Å²) in [6.45, 7) is 5.34. The van der Waals surface area contributed by atoms with Crippen molar-refractivity contribution >= 4 is 11.9 Å². The standard InChI is InChI=1S/C14H27N3O3/c1-2-3-8-17-9-6-11(7-10-17)16-14(20)12(15)4-5-13(18)19/h11-12H,2-10,15H2,1H3,(H,16,20)(H,18,19). The zero-order valence-corrected chi connectivity index (χ0v) is 12.3. The Morgan fingerprint density at radius 2 is 2.05 bits per heavy atom. The minimum atomic E-state index is -0.919. The predicted octanol–water partition coefficient (Wildman–Crippen LogP) is 0.559. The van der Waals surface area contributed by atoms with E-state index in [2.05, 4.69) is 17.1 Å². The first kappa shape index (κ1) is 16.9. The van der Waals surface area contributed by atoms with E-state index in [-0.39, 0.29) is 24.8 Å². The lowest BCUT2D eigenvalue weighted by Gasteiger charge is -2.32. The lowest BCUT2D eigenvalue weighted by molar-refractivity contribution is -0.137. The summed E-state index contributed by atoms with van der Waals surface area (Å²) in [5.41, 5.74) is 5.69. The van der Waals surface area contributed by atoms with Crippen LogP contribution in [0.25, 0.3) is 0 Å². The van der Waals surface area contributed by atoms with Crippen molar-refractivity contribution in [3.05, 3.63) is 0 Å². The van der Waals surface area contributed by atoms with Crippen LogP contribution in [0.15, 0.2) is 0 Å². The van der Waals surface area contributed by atoms with Crippen molar-refractivity contribution in [2.75, 3.05) is 19.6 Å². The summed E-state index contributed by atoms with van der Waals surface area (Å²) in [6, 6.07) is -0.541. The van der Waals surface area contributed by atoms with E-state index < -0.39 is 12.0 Å². The number of rotatable bonds is 8. The Balaban J connectivity index is 2.22. The molecule has 0 aromatic heterocycles. The van der Waals surface area contributed by atoms with Gasteiger partial charge < -0.3 is 21.1 Å². The number of carbonyl (C=O) groups excluding carboxylic acids is 1. The molecule has 116 valence electrons. The van der Waals surface area contributed by atoms with Crippen LogP contribution in [0.4, 0.5) is 0 Å². The van der Waals surface area contributed by atoms with Crippen LogP contribution in [0.2, 0.25) is 0 Å². The molecular formula is C14H27N3O3. The minimum absolute atomic E-state index is 0.0654.